The summed E-state index contributed by atoms with van der Waals surface area (Å²) in [6, 6.07) is 14.0. The van der Waals surface area contributed by atoms with Crippen molar-refractivity contribution in [3.05, 3.63) is 75.3 Å². The average molecular weight is 380 g/mol. The number of nitrogens with zero attached hydrogens (tertiary/aromatic N) is 1. The van der Waals surface area contributed by atoms with E-state index in [9.17, 15) is 4.79 Å². The molecule has 4 nitrogen and oxygen atoms in total. The molecule has 0 radical (unpaired) electrons. The zero-order valence-corrected chi connectivity index (χ0v) is 17.6. The molecule has 0 amide bonds. The van der Waals surface area contributed by atoms with Gasteiger partial charge >= 0.3 is 5.63 Å². The Morgan fingerprint density at radius 3 is 2.21 bits per heavy atom. The van der Waals surface area contributed by atoms with E-state index in [1.165, 1.54) is 5.56 Å². The first-order valence-electron chi connectivity index (χ1n) is 9.66. The molecular formula is C24H29NO3. The predicted octanol–water partition coefficient (Wildman–Crippen LogP) is 5.50. The second-order valence-electron chi connectivity index (χ2n) is 9.30. The summed E-state index contributed by atoms with van der Waals surface area (Å²) in [6.45, 7) is 13.4. The van der Waals surface area contributed by atoms with Gasteiger partial charge in [-0.2, -0.15) is 0 Å². The molecule has 0 N–H and O–H groups in total. The average Bonchev–Trinajstić information content (AvgIpc) is 2.60. The summed E-state index contributed by atoms with van der Waals surface area (Å²) in [5, 5.41) is 0. The summed E-state index contributed by atoms with van der Waals surface area (Å²) in [5.74, 6) is 0. The van der Waals surface area contributed by atoms with Crippen molar-refractivity contribution in [3.8, 4) is 0 Å². The van der Waals surface area contributed by atoms with Crippen molar-refractivity contribution in [2.45, 2.75) is 65.6 Å². The monoisotopic (exact) mass is 379 g/mol. The van der Waals surface area contributed by atoms with Gasteiger partial charge in [-0.3, -0.25) is 0 Å². The number of hydrogen-bond donors (Lipinski definition) is 0. The molecule has 4 heteroatoms. The van der Waals surface area contributed by atoms with Crippen LogP contribution >= 0.6 is 0 Å². The van der Waals surface area contributed by atoms with E-state index in [-0.39, 0.29) is 17.4 Å². The molecule has 0 atom stereocenters. The van der Waals surface area contributed by atoms with Gasteiger partial charge in [0.25, 0.3) is 0 Å². The number of hydrogen-bond acceptors (Lipinski definition) is 4. The Morgan fingerprint density at radius 1 is 0.929 bits per heavy atom. The summed E-state index contributed by atoms with van der Waals surface area (Å²) in [6.07, 6.45) is 0. The van der Waals surface area contributed by atoms with Crippen LogP contribution < -0.4 is 5.63 Å². The number of benzene rings is 2. The molecular weight excluding hydrogens is 350 g/mol. The summed E-state index contributed by atoms with van der Waals surface area (Å²) in [4.78, 5) is 17.2. The van der Waals surface area contributed by atoms with Crippen LogP contribution in [0.25, 0.3) is 11.1 Å². The molecule has 0 fully saturated rings. The van der Waals surface area contributed by atoms with Gasteiger partial charge in [0, 0.05) is 5.56 Å². The van der Waals surface area contributed by atoms with Gasteiger partial charge in [-0.15, -0.1) is 0 Å². The van der Waals surface area contributed by atoms with E-state index in [0.29, 0.717) is 23.4 Å². The minimum Gasteiger partial charge on any atom is -0.419 e. The third-order valence-corrected chi connectivity index (χ3v) is 4.78. The SMILES string of the molecule is CC(C)(C)c1cc(C(C)(C)C)c2oc(=O)c(COCc3ccccc3)nc2c1. The predicted molar refractivity (Wildman–Crippen MR) is 113 cm³/mol. The highest BCUT2D eigenvalue weighted by molar-refractivity contribution is 5.78. The molecule has 148 valence electrons. The molecule has 1 heterocycles. The molecule has 0 spiro atoms. The number of ether oxygens (including phenoxy) is 1. The summed E-state index contributed by atoms with van der Waals surface area (Å²) < 4.78 is 11.4. The zero-order valence-electron chi connectivity index (χ0n) is 17.6. The van der Waals surface area contributed by atoms with Crippen LogP contribution in [0.3, 0.4) is 0 Å². The standard InChI is InChI=1S/C24H29NO3/c1-23(2,3)17-12-18(24(4,5)6)21-19(13-17)25-20(22(26)28-21)15-27-14-16-10-8-7-9-11-16/h7-13H,14-15H2,1-6H3. The van der Waals surface area contributed by atoms with Gasteiger partial charge in [0.15, 0.2) is 11.3 Å². The maximum atomic E-state index is 12.5. The Balaban J connectivity index is 1.99. The molecule has 3 aromatic rings. The smallest absolute Gasteiger partial charge is 0.360 e. The Morgan fingerprint density at radius 2 is 1.61 bits per heavy atom. The topological polar surface area (TPSA) is 52.3 Å². The first-order valence-corrected chi connectivity index (χ1v) is 9.66. The summed E-state index contributed by atoms with van der Waals surface area (Å²) >= 11 is 0. The third kappa shape index (κ3) is 4.50. The van der Waals surface area contributed by atoms with Crippen molar-refractivity contribution in [2.24, 2.45) is 0 Å². The van der Waals surface area contributed by atoms with Gasteiger partial charge in [0.1, 0.15) is 5.52 Å². The van der Waals surface area contributed by atoms with E-state index in [1.807, 2.05) is 36.4 Å². The second kappa shape index (κ2) is 7.51. The van der Waals surface area contributed by atoms with Gasteiger partial charge in [-0.05, 0) is 28.0 Å². The maximum absolute atomic E-state index is 12.5. The maximum Gasteiger partial charge on any atom is 0.360 e. The van der Waals surface area contributed by atoms with E-state index in [0.717, 1.165) is 11.1 Å². The van der Waals surface area contributed by atoms with Crippen LogP contribution in [-0.4, -0.2) is 4.98 Å². The van der Waals surface area contributed by atoms with E-state index in [2.05, 4.69) is 52.6 Å². The highest BCUT2D eigenvalue weighted by Gasteiger charge is 2.25. The second-order valence-corrected chi connectivity index (χ2v) is 9.30. The van der Waals surface area contributed by atoms with E-state index in [4.69, 9.17) is 9.15 Å². The lowest BCUT2D eigenvalue weighted by Gasteiger charge is -2.25. The van der Waals surface area contributed by atoms with E-state index >= 15 is 0 Å². The molecule has 0 aliphatic heterocycles. The van der Waals surface area contributed by atoms with E-state index < -0.39 is 5.63 Å². The number of rotatable bonds is 4. The van der Waals surface area contributed by atoms with Crippen molar-refractivity contribution >= 4 is 11.1 Å². The lowest BCUT2D eigenvalue weighted by Crippen LogP contribution is -2.19. The molecule has 0 aliphatic carbocycles. The quantitative estimate of drug-likeness (QED) is 0.601. The van der Waals surface area contributed by atoms with E-state index in [1.54, 1.807) is 0 Å². The van der Waals surface area contributed by atoms with Gasteiger partial charge in [-0.25, -0.2) is 9.78 Å². The first kappa shape index (κ1) is 20.3. The van der Waals surface area contributed by atoms with Gasteiger partial charge in [0.05, 0.1) is 13.2 Å². The minimum atomic E-state index is -0.436. The Kier molecular flexibility index (Phi) is 5.44. The van der Waals surface area contributed by atoms with Crippen LogP contribution in [0.1, 0.15) is 63.9 Å². The first-order chi connectivity index (χ1) is 13.1. The fraction of sp³-hybridized carbons (Fsp3) is 0.417. The van der Waals surface area contributed by atoms with Crippen molar-refractivity contribution in [1.29, 1.82) is 0 Å². The summed E-state index contributed by atoms with van der Waals surface area (Å²) in [5.41, 5.74) is 4.16. The zero-order chi connectivity index (χ0) is 20.5. The minimum absolute atomic E-state index is 0.0318. The van der Waals surface area contributed by atoms with Crippen molar-refractivity contribution in [3.63, 3.8) is 0 Å². The van der Waals surface area contributed by atoms with Crippen LogP contribution in [0, 0.1) is 0 Å². The highest BCUT2D eigenvalue weighted by Crippen LogP contribution is 2.34. The lowest BCUT2D eigenvalue weighted by molar-refractivity contribution is 0.102. The van der Waals surface area contributed by atoms with Gasteiger partial charge in [-0.1, -0.05) is 77.9 Å². The third-order valence-electron chi connectivity index (χ3n) is 4.78. The Bertz CT molecular complexity index is 1020. The van der Waals surface area contributed by atoms with Gasteiger partial charge in [0.2, 0.25) is 0 Å². The molecule has 2 aromatic carbocycles. The fourth-order valence-electron chi connectivity index (χ4n) is 3.07. The fourth-order valence-corrected chi connectivity index (χ4v) is 3.07. The molecule has 1 aromatic heterocycles. The molecule has 0 saturated carbocycles. The lowest BCUT2D eigenvalue weighted by atomic mass is 9.80. The van der Waals surface area contributed by atoms with Crippen LogP contribution in [0.5, 0.6) is 0 Å². The Labute approximate surface area is 166 Å². The Hall–Kier alpha value is -2.46. The van der Waals surface area contributed by atoms with Crippen LogP contribution in [0.2, 0.25) is 0 Å². The molecule has 0 unspecified atom stereocenters. The highest BCUT2D eigenvalue weighted by atomic mass is 16.5. The largest absolute Gasteiger partial charge is 0.419 e. The van der Waals surface area contributed by atoms with Crippen LogP contribution in [0.15, 0.2) is 51.7 Å². The van der Waals surface area contributed by atoms with Crippen molar-refractivity contribution in [1.82, 2.24) is 4.98 Å². The molecule has 0 aliphatic rings. The molecule has 0 saturated heterocycles. The number of aromatic nitrogens is 1. The molecule has 28 heavy (non-hydrogen) atoms. The normalized spacial score (nSPS) is 12.5. The van der Waals surface area contributed by atoms with Crippen LogP contribution in [-0.2, 0) is 28.8 Å². The summed E-state index contributed by atoms with van der Waals surface area (Å²) in [7, 11) is 0. The molecule has 0 bridgehead atoms. The van der Waals surface area contributed by atoms with Crippen molar-refractivity contribution < 1.29 is 9.15 Å². The van der Waals surface area contributed by atoms with Crippen LogP contribution in [0.4, 0.5) is 0 Å². The van der Waals surface area contributed by atoms with Gasteiger partial charge < -0.3 is 9.15 Å². The molecule has 3 rings (SSSR count). The number of fused-ring (bicyclic) bond motifs is 1. The van der Waals surface area contributed by atoms with Crippen molar-refractivity contribution in [2.75, 3.05) is 0 Å².